The Hall–Kier alpha value is -1.76. The molecular formula is C13H9BrF4N2. The largest absolute Gasteiger partial charge is 0.418 e. The van der Waals surface area contributed by atoms with Gasteiger partial charge in [0.25, 0.3) is 0 Å². The van der Waals surface area contributed by atoms with Crippen molar-refractivity contribution in [3.8, 4) is 0 Å². The van der Waals surface area contributed by atoms with Crippen LogP contribution >= 0.6 is 15.9 Å². The Balaban J connectivity index is 2.46. The van der Waals surface area contributed by atoms with Crippen LogP contribution in [-0.4, -0.2) is 0 Å². The summed E-state index contributed by atoms with van der Waals surface area (Å²) in [4.78, 5) is 0. The summed E-state index contributed by atoms with van der Waals surface area (Å²) in [5, 5.41) is 2.43. The molecular weight excluding hydrogens is 340 g/mol. The predicted molar refractivity (Wildman–Crippen MR) is 73.2 cm³/mol. The van der Waals surface area contributed by atoms with E-state index in [9.17, 15) is 17.6 Å². The summed E-state index contributed by atoms with van der Waals surface area (Å²) in [5.74, 6) is -0.654. The normalized spacial score (nSPS) is 11.4. The monoisotopic (exact) mass is 348 g/mol. The van der Waals surface area contributed by atoms with Crippen LogP contribution in [0.2, 0.25) is 0 Å². The molecule has 2 nitrogen and oxygen atoms in total. The molecule has 0 aliphatic carbocycles. The van der Waals surface area contributed by atoms with Crippen molar-refractivity contribution in [1.82, 2.24) is 0 Å². The molecule has 0 heterocycles. The van der Waals surface area contributed by atoms with Gasteiger partial charge in [-0.2, -0.15) is 13.2 Å². The van der Waals surface area contributed by atoms with Gasteiger partial charge in [0.15, 0.2) is 0 Å². The molecule has 0 bridgehead atoms. The number of benzene rings is 2. The number of nitrogen functional groups attached to an aromatic ring is 1. The van der Waals surface area contributed by atoms with Gasteiger partial charge in [-0.25, -0.2) is 4.39 Å². The number of hydrogen-bond donors (Lipinski definition) is 2. The highest BCUT2D eigenvalue weighted by molar-refractivity contribution is 9.10. The van der Waals surface area contributed by atoms with E-state index in [1.165, 1.54) is 24.3 Å². The Morgan fingerprint density at radius 3 is 2.35 bits per heavy atom. The fourth-order valence-electron chi connectivity index (χ4n) is 1.64. The van der Waals surface area contributed by atoms with Crippen LogP contribution in [0.4, 0.5) is 34.6 Å². The van der Waals surface area contributed by atoms with E-state index < -0.39 is 17.6 Å². The van der Waals surface area contributed by atoms with Gasteiger partial charge in [-0.15, -0.1) is 0 Å². The Bertz CT molecular complexity index is 641. The summed E-state index contributed by atoms with van der Waals surface area (Å²) < 4.78 is 52.9. The lowest BCUT2D eigenvalue weighted by Crippen LogP contribution is -2.10. The third kappa shape index (κ3) is 3.22. The van der Waals surface area contributed by atoms with E-state index in [0.29, 0.717) is 4.47 Å². The maximum atomic E-state index is 13.6. The van der Waals surface area contributed by atoms with Gasteiger partial charge in [-0.05, 0) is 36.4 Å². The third-order valence-corrected chi connectivity index (χ3v) is 3.04. The zero-order valence-corrected chi connectivity index (χ0v) is 11.5. The molecule has 0 atom stereocenters. The molecule has 0 spiro atoms. The van der Waals surface area contributed by atoms with Crippen LogP contribution in [0.5, 0.6) is 0 Å². The molecule has 2 aromatic carbocycles. The quantitative estimate of drug-likeness (QED) is 0.596. The molecule has 2 rings (SSSR count). The van der Waals surface area contributed by atoms with Gasteiger partial charge in [0.1, 0.15) is 5.82 Å². The Morgan fingerprint density at radius 2 is 1.70 bits per heavy atom. The minimum absolute atomic E-state index is 0.0161. The highest BCUT2D eigenvalue weighted by atomic mass is 79.9. The lowest BCUT2D eigenvalue weighted by molar-refractivity contribution is -0.136. The number of nitrogens with one attached hydrogen (secondary N) is 1. The molecule has 0 aromatic heterocycles. The van der Waals surface area contributed by atoms with E-state index in [4.69, 9.17) is 5.73 Å². The lowest BCUT2D eigenvalue weighted by Gasteiger charge is -2.15. The summed E-state index contributed by atoms with van der Waals surface area (Å²) in [7, 11) is 0. The van der Waals surface area contributed by atoms with E-state index >= 15 is 0 Å². The van der Waals surface area contributed by atoms with Crippen molar-refractivity contribution in [3.05, 3.63) is 52.3 Å². The minimum Gasteiger partial charge on any atom is -0.399 e. The first-order valence-corrected chi connectivity index (χ1v) is 6.25. The predicted octanol–water partition coefficient (Wildman–Crippen LogP) is 4.93. The van der Waals surface area contributed by atoms with E-state index in [2.05, 4.69) is 21.2 Å². The van der Waals surface area contributed by atoms with Gasteiger partial charge < -0.3 is 11.1 Å². The van der Waals surface area contributed by atoms with E-state index in [1.54, 1.807) is 0 Å². The number of hydrogen-bond acceptors (Lipinski definition) is 2. The first-order chi connectivity index (χ1) is 9.27. The highest BCUT2D eigenvalue weighted by Crippen LogP contribution is 2.37. The average molecular weight is 349 g/mol. The Labute approximate surface area is 120 Å². The molecule has 0 saturated heterocycles. The molecule has 0 fully saturated rings. The molecule has 2 aromatic rings. The molecule has 106 valence electrons. The summed E-state index contributed by atoms with van der Waals surface area (Å²) >= 11 is 3.13. The number of rotatable bonds is 2. The fraction of sp³-hybridized carbons (Fsp3) is 0.0769. The Kier molecular flexibility index (Phi) is 3.89. The summed E-state index contributed by atoms with van der Waals surface area (Å²) in [5.41, 5.74) is 4.08. The zero-order chi connectivity index (χ0) is 14.9. The number of alkyl halides is 3. The van der Waals surface area contributed by atoms with Gasteiger partial charge in [-0.3, -0.25) is 0 Å². The van der Waals surface area contributed by atoms with Crippen LogP contribution in [0.3, 0.4) is 0 Å². The number of anilines is 3. The molecule has 20 heavy (non-hydrogen) atoms. The van der Waals surface area contributed by atoms with Gasteiger partial charge in [0.05, 0.1) is 16.9 Å². The van der Waals surface area contributed by atoms with Crippen molar-refractivity contribution in [2.75, 3.05) is 11.1 Å². The van der Waals surface area contributed by atoms with Crippen LogP contribution in [0.1, 0.15) is 5.56 Å². The minimum atomic E-state index is -4.58. The second-order valence-electron chi connectivity index (χ2n) is 4.05. The molecule has 3 N–H and O–H groups in total. The average Bonchev–Trinajstić information content (AvgIpc) is 2.34. The van der Waals surface area contributed by atoms with Gasteiger partial charge in [0, 0.05) is 10.2 Å². The molecule has 0 saturated carbocycles. The zero-order valence-electron chi connectivity index (χ0n) is 9.93. The van der Waals surface area contributed by atoms with Crippen molar-refractivity contribution < 1.29 is 17.6 Å². The van der Waals surface area contributed by atoms with Gasteiger partial charge in [0.2, 0.25) is 0 Å². The fourth-order valence-corrected chi connectivity index (χ4v) is 2.00. The van der Waals surface area contributed by atoms with Gasteiger partial charge >= 0.3 is 6.18 Å². The molecule has 0 unspecified atom stereocenters. The smallest absolute Gasteiger partial charge is 0.399 e. The lowest BCUT2D eigenvalue weighted by atomic mass is 10.1. The van der Waals surface area contributed by atoms with E-state index in [0.717, 1.165) is 12.1 Å². The second-order valence-corrected chi connectivity index (χ2v) is 4.97. The molecule has 0 amide bonds. The van der Waals surface area contributed by atoms with Crippen molar-refractivity contribution in [1.29, 1.82) is 0 Å². The van der Waals surface area contributed by atoms with Crippen LogP contribution in [0.25, 0.3) is 0 Å². The molecule has 7 heteroatoms. The van der Waals surface area contributed by atoms with Crippen LogP contribution in [0.15, 0.2) is 40.9 Å². The number of halogens is 5. The topological polar surface area (TPSA) is 38.0 Å². The summed E-state index contributed by atoms with van der Waals surface area (Å²) in [6.07, 6.45) is -4.58. The van der Waals surface area contributed by atoms with Crippen molar-refractivity contribution in [2.24, 2.45) is 0 Å². The first kappa shape index (κ1) is 14.6. The highest BCUT2D eigenvalue weighted by Gasteiger charge is 2.33. The van der Waals surface area contributed by atoms with E-state index in [-0.39, 0.29) is 17.1 Å². The summed E-state index contributed by atoms with van der Waals surface area (Å²) in [6, 6.07) is 7.24. The first-order valence-electron chi connectivity index (χ1n) is 5.46. The standard InChI is InChI=1S/C13H9BrF4N2/c14-7-1-3-10(15)12(5-7)20-11-4-2-8(19)6-9(11)13(16,17)18/h1-6,20H,19H2. The molecule has 0 aliphatic heterocycles. The Morgan fingerprint density at radius 1 is 1.00 bits per heavy atom. The van der Waals surface area contributed by atoms with Crippen LogP contribution < -0.4 is 11.1 Å². The number of nitrogens with two attached hydrogens (primary N) is 1. The SMILES string of the molecule is Nc1ccc(Nc2cc(Br)ccc2F)c(C(F)(F)F)c1. The maximum Gasteiger partial charge on any atom is 0.418 e. The third-order valence-electron chi connectivity index (χ3n) is 2.55. The second kappa shape index (κ2) is 5.32. The van der Waals surface area contributed by atoms with Crippen molar-refractivity contribution in [2.45, 2.75) is 6.18 Å². The van der Waals surface area contributed by atoms with Crippen LogP contribution in [-0.2, 0) is 6.18 Å². The maximum absolute atomic E-state index is 13.6. The molecule has 0 aliphatic rings. The van der Waals surface area contributed by atoms with E-state index in [1.807, 2.05) is 0 Å². The van der Waals surface area contributed by atoms with Crippen molar-refractivity contribution in [3.63, 3.8) is 0 Å². The van der Waals surface area contributed by atoms with Crippen molar-refractivity contribution >= 4 is 33.0 Å². The summed E-state index contributed by atoms with van der Waals surface area (Å²) in [6.45, 7) is 0. The van der Waals surface area contributed by atoms with Gasteiger partial charge in [-0.1, -0.05) is 15.9 Å². The van der Waals surface area contributed by atoms with Crippen LogP contribution in [0, 0.1) is 5.82 Å². The molecule has 0 radical (unpaired) electrons.